The van der Waals surface area contributed by atoms with E-state index >= 15 is 0 Å². The minimum Gasteiger partial charge on any atom is -0.294 e. The first kappa shape index (κ1) is 11.7. The Morgan fingerprint density at radius 3 is 2.25 bits per heavy atom. The monoisotopic (exact) mass is 271 g/mol. The van der Waals surface area contributed by atoms with Gasteiger partial charge >= 0.3 is 0 Å². The van der Waals surface area contributed by atoms with Crippen molar-refractivity contribution in [3.05, 3.63) is 33.4 Å². The predicted octanol–water partition coefficient (Wildman–Crippen LogP) is 2.50. The third-order valence-electron chi connectivity index (χ3n) is 1.49. The van der Waals surface area contributed by atoms with Gasteiger partial charge in [-0.05, 0) is 34.7 Å². The highest BCUT2D eigenvalue weighted by Gasteiger charge is 2.00. The van der Waals surface area contributed by atoms with Crippen molar-refractivity contribution in [3.63, 3.8) is 0 Å². The number of carbonyl (C=O) groups excluding carboxylic acids is 1. The molecule has 1 aromatic carbocycles. The summed E-state index contributed by atoms with van der Waals surface area (Å²) in [6.45, 7) is 1.88. The third kappa shape index (κ3) is 2.97. The Balaban J connectivity index is 0.00000121. The van der Waals surface area contributed by atoms with Gasteiger partial charge in [0.05, 0.1) is 0 Å². The van der Waals surface area contributed by atoms with E-state index < -0.39 is 0 Å². The molecule has 1 nitrogen and oxygen atoms in total. The molecule has 0 spiro atoms. The molecule has 0 aliphatic carbocycles. The lowest BCUT2D eigenvalue weighted by molar-refractivity contribution is 0.0988. The highest BCUT2D eigenvalue weighted by atomic mass is 127. The molecule has 0 fully saturated rings. The Kier molecular flexibility index (Phi) is 5.21. The average molecular weight is 271 g/mol. The summed E-state index contributed by atoms with van der Waals surface area (Å²) in [5.74, 6) is 0.210. The first-order chi connectivity index (χ1) is 5.24. The minimum atomic E-state index is 0. The van der Waals surface area contributed by atoms with Crippen molar-refractivity contribution in [1.29, 1.82) is 0 Å². The Hall–Kier alpha value is -0.315. The van der Waals surface area contributed by atoms with Crippen molar-refractivity contribution < 1.29 is 4.79 Å². The van der Waals surface area contributed by atoms with Crippen molar-refractivity contribution >= 4 is 36.8 Å². The Bertz CT molecular complexity index is 256. The van der Waals surface area contributed by atoms with Gasteiger partial charge < -0.3 is 0 Å². The quantitative estimate of drug-likeness (QED) is 0.459. The molecule has 0 saturated heterocycles. The first-order valence-electron chi connectivity index (χ1n) is 3.53. The predicted molar refractivity (Wildman–Crippen MR) is 59.5 cm³/mol. The summed E-state index contributed by atoms with van der Waals surface area (Å²) in [6.07, 6.45) is 0.584. The Morgan fingerprint density at radius 2 is 1.83 bits per heavy atom. The number of hydrogen-bond donors (Lipinski definition) is 0. The molecule has 0 bridgehead atoms. The maximum Gasteiger partial charge on any atom is 0.162 e. The molecule has 1 aromatic rings. The lowest BCUT2D eigenvalue weighted by atomic mass is 10.1. The summed E-state index contributed by atoms with van der Waals surface area (Å²) in [6, 6.07) is 7.63. The van der Waals surface area contributed by atoms with Crippen molar-refractivity contribution in [2.45, 2.75) is 13.3 Å². The van der Waals surface area contributed by atoms with Gasteiger partial charge in [-0.3, -0.25) is 4.79 Å². The van der Waals surface area contributed by atoms with Crippen LogP contribution in [0, 0.1) is 3.57 Å². The molecule has 0 unspecified atom stereocenters. The van der Waals surface area contributed by atoms with Gasteiger partial charge in [-0.15, -0.1) is 0 Å². The number of benzene rings is 1. The summed E-state index contributed by atoms with van der Waals surface area (Å²) in [7, 11) is 0. The van der Waals surface area contributed by atoms with E-state index in [1.54, 1.807) is 0 Å². The van der Waals surface area contributed by atoms with Gasteiger partial charge in [-0.25, -0.2) is 0 Å². The maximum atomic E-state index is 11.1. The molecule has 0 aliphatic rings. The SMILES string of the molecule is CCC(=O)c1ccc(I)cc1.[B]. The first-order valence-corrected chi connectivity index (χ1v) is 4.60. The molecular weight excluding hydrogens is 262 g/mol. The van der Waals surface area contributed by atoms with E-state index in [0.717, 1.165) is 9.13 Å². The zero-order valence-electron chi connectivity index (χ0n) is 6.88. The lowest BCUT2D eigenvalue weighted by Gasteiger charge is -1.96. The molecule has 61 valence electrons. The van der Waals surface area contributed by atoms with E-state index in [1.165, 1.54) is 0 Å². The van der Waals surface area contributed by atoms with Crippen LogP contribution >= 0.6 is 22.6 Å². The van der Waals surface area contributed by atoms with E-state index in [-0.39, 0.29) is 14.2 Å². The number of ketones is 1. The molecule has 0 N–H and O–H groups in total. The van der Waals surface area contributed by atoms with Crippen LogP contribution in [0.4, 0.5) is 0 Å². The lowest BCUT2D eigenvalue weighted by Crippen LogP contribution is -1.95. The fraction of sp³-hybridized carbons (Fsp3) is 0.222. The topological polar surface area (TPSA) is 17.1 Å². The normalized spacial score (nSPS) is 8.83. The number of rotatable bonds is 2. The second kappa shape index (κ2) is 5.35. The van der Waals surface area contributed by atoms with Crippen LogP contribution in [0.2, 0.25) is 0 Å². The highest BCUT2D eigenvalue weighted by molar-refractivity contribution is 14.1. The van der Waals surface area contributed by atoms with E-state index in [1.807, 2.05) is 31.2 Å². The molecular formula is C9H9BIO. The van der Waals surface area contributed by atoms with Crippen molar-refractivity contribution in [3.8, 4) is 0 Å². The zero-order chi connectivity index (χ0) is 8.27. The maximum absolute atomic E-state index is 11.1. The number of hydrogen-bond acceptors (Lipinski definition) is 1. The number of halogens is 1. The molecule has 0 atom stereocenters. The van der Waals surface area contributed by atoms with Crippen LogP contribution in [0.3, 0.4) is 0 Å². The van der Waals surface area contributed by atoms with Crippen molar-refractivity contribution in [2.24, 2.45) is 0 Å². The van der Waals surface area contributed by atoms with Crippen LogP contribution < -0.4 is 0 Å². The molecule has 0 amide bonds. The zero-order valence-corrected chi connectivity index (χ0v) is 9.04. The Labute approximate surface area is 88.3 Å². The van der Waals surface area contributed by atoms with Gasteiger partial charge in [0.1, 0.15) is 0 Å². The summed E-state index contributed by atoms with van der Waals surface area (Å²) < 4.78 is 1.16. The van der Waals surface area contributed by atoms with Crippen LogP contribution in [-0.4, -0.2) is 14.2 Å². The van der Waals surface area contributed by atoms with Gasteiger partial charge in [-0.1, -0.05) is 19.1 Å². The van der Waals surface area contributed by atoms with Crippen LogP contribution in [0.5, 0.6) is 0 Å². The summed E-state index contributed by atoms with van der Waals surface area (Å²) in [5, 5.41) is 0. The van der Waals surface area contributed by atoms with Crippen LogP contribution in [-0.2, 0) is 0 Å². The smallest absolute Gasteiger partial charge is 0.162 e. The van der Waals surface area contributed by atoms with Crippen LogP contribution in [0.25, 0.3) is 0 Å². The molecule has 0 aliphatic heterocycles. The second-order valence-corrected chi connectivity index (χ2v) is 3.53. The van der Waals surface area contributed by atoms with Crippen molar-refractivity contribution in [2.75, 3.05) is 0 Å². The molecule has 0 saturated carbocycles. The van der Waals surface area contributed by atoms with Gasteiger partial charge in [0.2, 0.25) is 0 Å². The molecule has 3 radical (unpaired) electrons. The van der Waals surface area contributed by atoms with E-state index in [9.17, 15) is 4.79 Å². The van der Waals surface area contributed by atoms with E-state index in [0.29, 0.717) is 6.42 Å². The van der Waals surface area contributed by atoms with Gasteiger partial charge in [0, 0.05) is 24.0 Å². The van der Waals surface area contributed by atoms with E-state index in [2.05, 4.69) is 22.6 Å². The van der Waals surface area contributed by atoms with Gasteiger partial charge in [0.25, 0.3) is 0 Å². The van der Waals surface area contributed by atoms with Crippen LogP contribution in [0.1, 0.15) is 23.7 Å². The van der Waals surface area contributed by atoms with E-state index in [4.69, 9.17) is 0 Å². The highest BCUT2D eigenvalue weighted by Crippen LogP contribution is 2.08. The fourth-order valence-corrected chi connectivity index (χ4v) is 1.20. The summed E-state index contributed by atoms with van der Waals surface area (Å²) in [5.41, 5.74) is 0.813. The molecule has 12 heavy (non-hydrogen) atoms. The fourth-order valence-electron chi connectivity index (χ4n) is 0.840. The number of carbonyl (C=O) groups is 1. The molecule has 0 aromatic heterocycles. The van der Waals surface area contributed by atoms with Crippen LogP contribution in [0.15, 0.2) is 24.3 Å². The number of Topliss-reactive ketones (excluding diaryl/α,β-unsaturated/α-hetero) is 1. The van der Waals surface area contributed by atoms with Gasteiger partial charge in [-0.2, -0.15) is 0 Å². The molecule has 3 heteroatoms. The largest absolute Gasteiger partial charge is 0.294 e. The van der Waals surface area contributed by atoms with Gasteiger partial charge in [0.15, 0.2) is 5.78 Å². The molecule has 1 rings (SSSR count). The Morgan fingerprint density at radius 1 is 1.33 bits per heavy atom. The molecule has 0 heterocycles. The average Bonchev–Trinajstić information content (AvgIpc) is 2.05. The summed E-state index contributed by atoms with van der Waals surface area (Å²) >= 11 is 2.22. The third-order valence-corrected chi connectivity index (χ3v) is 2.21. The minimum absolute atomic E-state index is 0. The second-order valence-electron chi connectivity index (χ2n) is 2.28. The standard InChI is InChI=1S/C9H9IO.B/c1-2-9(11)7-3-5-8(10)6-4-7;/h3-6H,2H2,1H3;. The summed E-state index contributed by atoms with van der Waals surface area (Å²) in [4.78, 5) is 11.1. The van der Waals surface area contributed by atoms with Crippen molar-refractivity contribution in [1.82, 2.24) is 0 Å².